The third-order valence-electron chi connectivity index (χ3n) is 4.69. The summed E-state index contributed by atoms with van der Waals surface area (Å²) in [6.07, 6.45) is 5.66. The minimum Gasteiger partial charge on any atom is -0.394 e. The number of aliphatic hydroxyl groups is 1. The highest BCUT2D eigenvalue weighted by Crippen LogP contribution is 2.27. The van der Waals surface area contributed by atoms with Gasteiger partial charge < -0.3 is 15.3 Å². The first-order chi connectivity index (χ1) is 10.1. The van der Waals surface area contributed by atoms with Crippen molar-refractivity contribution < 1.29 is 5.11 Å². The van der Waals surface area contributed by atoms with Crippen LogP contribution in [0.2, 0.25) is 0 Å². The van der Waals surface area contributed by atoms with Crippen molar-refractivity contribution in [2.75, 3.05) is 25.1 Å². The molecular formula is C18H30N2O. The first-order valence-electron chi connectivity index (χ1n) is 8.25. The van der Waals surface area contributed by atoms with Crippen LogP contribution in [0.15, 0.2) is 24.3 Å². The second-order valence-corrected chi connectivity index (χ2v) is 6.57. The molecule has 0 radical (unpaired) electrons. The Morgan fingerprint density at radius 1 is 1.29 bits per heavy atom. The van der Waals surface area contributed by atoms with Crippen molar-refractivity contribution in [2.45, 2.75) is 57.5 Å². The second-order valence-electron chi connectivity index (χ2n) is 6.57. The van der Waals surface area contributed by atoms with Gasteiger partial charge in [0.2, 0.25) is 0 Å². The summed E-state index contributed by atoms with van der Waals surface area (Å²) in [7, 11) is 2.14. The van der Waals surface area contributed by atoms with Crippen LogP contribution in [0.1, 0.15) is 44.6 Å². The lowest BCUT2D eigenvalue weighted by atomic mass is 9.91. The third kappa shape index (κ3) is 4.72. The van der Waals surface area contributed by atoms with Crippen LogP contribution in [0.3, 0.4) is 0 Å². The largest absolute Gasteiger partial charge is 0.394 e. The van der Waals surface area contributed by atoms with E-state index in [4.69, 9.17) is 0 Å². The summed E-state index contributed by atoms with van der Waals surface area (Å²) in [6, 6.07) is 9.31. The molecule has 3 nitrogen and oxygen atoms in total. The number of benzene rings is 1. The van der Waals surface area contributed by atoms with Crippen molar-refractivity contribution in [1.82, 2.24) is 5.32 Å². The molecule has 21 heavy (non-hydrogen) atoms. The Balaban J connectivity index is 1.82. The SMILES string of the molecule is CCC(CO)(CCCN(C)c1ccc(C)cc1)NC1CC1. The van der Waals surface area contributed by atoms with Crippen molar-refractivity contribution in [1.29, 1.82) is 0 Å². The molecule has 0 aliphatic heterocycles. The fourth-order valence-electron chi connectivity index (χ4n) is 2.83. The van der Waals surface area contributed by atoms with Gasteiger partial charge in [0.1, 0.15) is 0 Å². The molecule has 2 N–H and O–H groups in total. The summed E-state index contributed by atoms with van der Waals surface area (Å²) < 4.78 is 0. The normalized spacial score (nSPS) is 17.5. The summed E-state index contributed by atoms with van der Waals surface area (Å²) in [5, 5.41) is 13.4. The molecule has 0 spiro atoms. The molecule has 2 rings (SSSR count). The molecule has 1 aromatic carbocycles. The van der Waals surface area contributed by atoms with Crippen molar-refractivity contribution in [3.8, 4) is 0 Å². The van der Waals surface area contributed by atoms with Gasteiger partial charge in [-0.3, -0.25) is 0 Å². The maximum absolute atomic E-state index is 9.79. The van der Waals surface area contributed by atoms with E-state index < -0.39 is 0 Å². The number of aryl methyl sites for hydroxylation is 1. The number of nitrogens with one attached hydrogen (secondary N) is 1. The summed E-state index contributed by atoms with van der Waals surface area (Å²) in [5.41, 5.74) is 2.49. The molecule has 1 atom stereocenters. The average Bonchev–Trinajstić information content (AvgIpc) is 3.30. The molecule has 0 amide bonds. The number of anilines is 1. The smallest absolute Gasteiger partial charge is 0.0613 e. The van der Waals surface area contributed by atoms with E-state index in [1.54, 1.807) is 0 Å². The van der Waals surface area contributed by atoms with Crippen molar-refractivity contribution in [3.05, 3.63) is 29.8 Å². The fraction of sp³-hybridized carbons (Fsp3) is 0.667. The minimum absolute atomic E-state index is 0.0741. The maximum atomic E-state index is 9.79. The van der Waals surface area contributed by atoms with Crippen LogP contribution in [0, 0.1) is 6.92 Å². The predicted molar refractivity (Wildman–Crippen MR) is 89.9 cm³/mol. The van der Waals surface area contributed by atoms with Gasteiger partial charge in [-0.1, -0.05) is 24.6 Å². The number of hydrogen-bond acceptors (Lipinski definition) is 3. The van der Waals surface area contributed by atoms with Gasteiger partial charge in [-0.05, 0) is 51.2 Å². The molecule has 1 unspecified atom stereocenters. The zero-order valence-electron chi connectivity index (χ0n) is 13.7. The van der Waals surface area contributed by atoms with Gasteiger partial charge in [0.25, 0.3) is 0 Å². The lowest BCUT2D eigenvalue weighted by Gasteiger charge is -2.33. The highest BCUT2D eigenvalue weighted by atomic mass is 16.3. The molecule has 1 fully saturated rings. The van der Waals surface area contributed by atoms with Gasteiger partial charge >= 0.3 is 0 Å². The van der Waals surface area contributed by atoms with Crippen LogP contribution in [-0.2, 0) is 0 Å². The maximum Gasteiger partial charge on any atom is 0.0613 e. The molecule has 1 aliphatic rings. The van der Waals surface area contributed by atoms with Crippen LogP contribution in [0.25, 0.3) is 0 Å². The van der Waals surface area contributed by atoms with E-state index in [9.17, 15) is 5.11 Å². The van der Waals surface area contributed by atoms with Crippen molar-refractivity contribution >= 4 is 5.69 Å². The number of rotatable bonds is 9. The molecule has 0 heterocycles. The monoisotopic (exact) mass is 290 g/mol. The van der Waals surface area contributed by atoms with Gasteiger partial charge in [0, 0.05) is 30.9 Å². The lowest BCUT2D eigenvalue weighted by molar-refractivity contribution is 0.143. The van der Waals surface area contributed by atoms with Crippen LogP contribution < -0.4 is 10.2 Å². The molecule has 0 saturated heterocycles. The highest BCUT2D eigenvalue weighted by Gasteiger charge is 2.33. The first-order valence-corrected chi connectivity index (χ1v) is 8.25. The zero-order chi connectivity index (χ0) is 15.3. The minimum atomic E-state index is -0.0741. The highest BCUT2D eigenvalue weighted by molar-refractivity contribution is 5.46. The van der Waals surface area contributed by atoms with Crippen molar-refractivity contribution in [2.24, 2.45) is 0 Å². The zero-order valence-corrected chi connectivity index (χ0v) is 13.7. The number of hydrogen-bond donors (Lipinski definition) is 2. The lowest BCUT2D eigenvalue weighted by Crippen LogP contribution is -2.49. The summed E-state index contributed by atoms with van der Waals surface area (Å²) in [4.78, 5) is 2.30. The molecule has 1 saturated carbocycles. The van der Waals surface area contributed by atoms with Gasteiger partial charge in [0.05, 0.1) is 6.61 Å². The van der Waals surface area contributed by atoms with Crippen LogP contribution >= 0.6 is 0 Å². The molecule has 1 aliphatic carbocycles. The molecule has 1 aromatic rings. The van der Waals surface area contributed by atoms with Crippen LogP contribution in [-0.4, -0.2) is 36.9 Å². The van der Waals surface area contributed by atoms with E-state index in [0.29, 0.717) is 6.04 Å². The Morgan fingerprint density at radius 2 is 1.95 bits per heavy atom. The van der Waals surface area contributed by atoms with Gasteiger partial charge in [0.15, 0.2) is 0 Å². The van der Waals surface area contributed by atoms with Crippen molar-refractivity contribution in [3.63, 3.8) is 0 Å². The molecular weight excluding hydrogens is 260 g/mol. The average molecular weight is 290 g/mol. The summed E-state index contributed by atoms with van der Waals surface area (Å²) in [6.45, 7) is 5.56. The van der Waals surface area contributed by atoms with Crippen LogP contribution in [0.5, 0.6) is 0 Å². The van der Waals surface area contributed by atoms with E-state index in [0.717, 1.165) is 25.8 Å². The van der Waals surface area contributed by atoms with Gasteiger partial charge in [-0.15, -0.1) is 0 Å². The summed E-state index contributed by atoms with van der Waals surface area (Å²) >= 11 is 0. The van der Waals surface area contributed by atoms with Gasteiger partial charge in [-0.2, -0.15) is 0 Å². The Morgan fingerprint density at radius 3 is 2.48 bits per heavy atom. The second kappa shape index (κ2) is 7.28. The summed E-state index contributed by atoms with van der Waals surface area (Å²) in [5.74, 6) is 0. The third-order valence-corrected chi connectivity index (χ3v) is 4.69. The molecule has 0 aromatic heterocycles. The van der Waals surface area contributed by atoms with Gasteiger partial charge in [-0.25, -0.2) is 0 Å². The van der Waals surface area contributed by atoms with E-state index in [2.05, 4.69) is 55.4 Å². The van der Waals surface area contributed by atoms with E-state index in [1.807, 2.05) is 0 Å². The Labute approximate surface area is 129 Å². The van der Waals surface area contributed by atoms with E-state index in [1.165, 1.54) is 24.1 Å². The van der Waals surface area contributed by atoms with E-state index in [-0.39, 0.29) is 12.1 Å². The molecule has 3 heteroatoms. The molecule has 0 bridgehead atoms. The Hall–Kier alpha value is -1.06. The van der Waals surface area contributed by atoms with E-state index >= 15 is 0 Å². The topological polar surface area (TPSA) is 35.5 Å². The Bertz CT molecular complexity index is 421. The fourth-order valence-corrected chi connectivity index (χ4v) is 2.83. The first kappa shape index (κ1) is 16.3. The standard InChI is InChI=1S/C18H30N2O/c1-4-18(14-21,19-16-8-9-16)12-5-13-20(3)17-10-6-15(2)7-11-17/h6-7,10-11,16,19,21H,4-5,8-9,12-14H2,1-3H3. The Kier molecular flexibility index (Phi) is 5.65. The molecule has 118 valence electrons. The predicted octanol–water partition coefficient (Wildman–Crippen LogP) is 3.10. The van der Waals surface area contributed by atoms with Crippen LogP contribution in [0.4, 0.5) is 5.69 Å². The quantitative estimate of drug-likeness (QED) is 0.733. The number of nitrogens with zero attached hydrogens (tertiary/aromatic N) is 1. The number of aliphatic hydroxyl groups excluding tert-OH is 1.